The molecule has 0 spiro atoms. The highest BCUT2D eigenvalue weighted by Crippen LogP contribution is 2.23. The molecule has 0 radical (unpaired) electrons. The molecule has 0 amide bonds. The van der Waals surface area contributed by atoms with Crippen molar-refractivity contribution in [2.24, 2.45) is 0 Å². The first-order chi connectivity index (χ1) is 6.15. The van der Waals surface area contributed by atoms with Gasteiger partial charge in [0.05, 0.1) is 0 Å². The van der Waals surface area contributed by atoms with E-state index in [0.717, 1.165) is 11.8 Å². The number of carbonyl (C=O) groups is 1. The molecule has 0 aliphatic heterocycles. The van der Waals surface area contributed by atoms with Crippen molar-refractivity contribution in [2.45, 2.75) is 19.3 Å². The molecule has 1 unspecified atom stereocenters. The number of halogens is 1. The molecule has 1 N–H and O–H groups in total. The summed E-state index contributed by atoms with van der Waals surface area (Å²) in [5.41, 5.74) is 0.724. The average molecular weight is 182 g/mol. The summed E-state index contributed by atoms with van der Waals surface area (Å²) in [4.78, 5) is 10.2. The maximum atomic E-state index is 12.8. The van der Waals surface area contributed by atoms with Gasteiger partial charge in [0.15, 0.2) is 11.6 Å². The molecule has 1 aromatic carbocycles. The Morgan fingerprint density at radius 1 is 1.62 bits per heavy atom. The lowest BCUT2D eigenvalue weighted by Crippen LogP contribution is -1.94. The molecular weight excluding hydrogens is 171 g/mol. The lowest BCUT2D eigenvalue weighted by Gasteiger charge is -2.08. The summed E-state index contributed by atoms with van der Waals surface area (Å²) in [5, 5.41) is 8.91. The van der Waals surface area contributed by atoms with Crippen molar-refractivity contribution in [1.82, 2.24) is 0 Å². The van der Waals surface area contributed by atoms with E-state index in [1.807, 2.05) is 6.92 Å². The maximum absolute atomic E-state index is 12.8. The van der Waals surface area contributed by atoms with Crippen LogP contribution in [0.5, 0.6) is 5.75 Å². The summed E-state index contributed by atoms with van der Waals surface area (Å²) in [6.07, 6.45) is 1.17. The Bertz CT molecular complexity index is 310. The van der Waals surface area contributed by atoms with Crippen LogP contribution in [0.15, 0.2) is 18.2 Å². The second kappa shape index (κ2) is 4.03. The Kier molecular flexibility index (Phi) is 3.01. The minimum Gasteiger partial charge on any atom is -0.505 e. The van der Waals surface area contributed by atoms with Crippen molar-refractivity contribution in [2.75, 3.05) is 0 Å². The molecule has 2 nitrogen and oxygen atoms in total. The molecule has 1 aromatic rings. The van der Waals surface area contributed by atoms with Crippen molar-refractivity contribution in [3.63, 3.8) is 0 Å². The van der Waals surface area contributed by atoms with Gasteiger partial charge in [-0.25, -0.2) is 4.39 Å². The average Bonchev–Trinajstić information content (AvgIpc) is 2.10. The van der Waals surface area contributed by atoms with E-state index in [-0.39, 0.29) is 11.7 Å². The summed E-state index contributed by atoms with van der Waals surface area (Å²) in [7, 11) is 0. The normalized spacial score (nSPS) is 12.5. The molecule has 3 heteroatoms. The summed E-state index contributed by atoms with van der Waals surface area (Å²) < 4.78 is 12.8. The van der Waals surface area contributed by atoms with Gasteiger partial charge >= 0.3 is 0 Å². The predicted octanol–water partition coefficient (Wildman–Crippen LogP) is 2.22. The van der Waals surface area contributed by atoms with Gasteiger partial charge in [0.25, 0.3) is 0 Å². The zero-order chi connectivity index (χ0) is 9.84. The number of aldehydes is 1. The first-order valence-corrected chi connectivity index (χ1v) is 4.07. The van der Waals surface area contributed by atoms with Crippen molar-refractivity contribution in [3.05, 3.63) is 29.6 Å². The first kappa shape index (κ1) is 9.71. The third kappa shape index (κ3) is 2.28. The van der Waals surface area contributed by atoms with Gasteiger partial charge in [-0.05, 0) is 23.6 Å². The zero-order valence-corrected chi connectivity index (χ0v) is 7.33. The third-order valence-electron chi connectivity index (χ3n) is 1.99. The van der Waals surface area contributed by atoms with Gasteiger partial charge in [-0.15, -0.1) is 0 Å². The fourth-order valence-electron chi connectivity index (χ4n) is 1.11. The Morgan fingerprint density at radius 3 is 2.85 bits per heavy atom. The maximum Gasteiger partial charge on any atom is 0.165 e. The second-order valence-corrected chi connectivity index (χ2v) is 3.01. The highest BCUT2D eigenvalue weighted by atomic mass is 19.1. The lowest BCUT2D eigenvalue weighted by molar-refractivity contribution is -0.108. The van der Waals surface area contributed by atoms with E-state index in [2.05, 4.69) is 0 Å². The van der Waals surface area contributed by atoms with Crippen LogP contribution in [0, 0.1) is 5.82 Å². The highest BCUT2D eigenvalue weighted by Gasteiger charge is 2.07. The van der Waals surface area contributed by atoms with E-state index in [1.165, 1.54) is 12.1 Å². The number of rotatable bonds is 3. The summed E-state index contributed by atoms with van der Waals surface area (Å²) in [5.74, 6) is -1.01. The van der Waals surface area contributed by atoms with Gasteiger partial charge in [0.1, 0.15) is 6.29 Å². The molecule has 0 aliphatic rings. The van der Waals surface area contributed by atoms with Crippen molar-refractivity contribution in [3.8, 4) is 5.75 Å². The molecule has 1 atom stereocenters. The van der Waals surface area contributed by atoms with Crippen LogP contribution in [0.1, 0.15) is 24.8 Å². The molecule has 13 heavy (non-hydrogen) atoms. The number of phenolic OH excluding ortho intramolecular Hbond substituents is 1. The molecule has 0 fully saturated rings. The van der Waals surface area contributed by atoms with Crippen molar-refractivity contribution < 1.29 is 14.3 Å². The van der Waals surface area contributed by atoms with E-state index in [0.29, 0.717) is 6.42 Å². The van der Waals surface area contributed by atoms with Gasteiger partial charge in [-0.3, -0.25) is 0 Å². The Balaban J connectivity index is 2.89. The topological polar surface area (TPSA) is 37.3 Å². The Hall–Kier alpha value is -1.38. The van der Waals surface area contributed by atoms with Gasteiger partial charge in [0, 0.05) is 6.42 Å². The molecule has 70 valence electrons. The summed E-state index contributed by atoms with van der Waals surface area (Å²) in [6.45, 7) is 1.83. The van der Waals surface area contributed by atoms with Crippen molar-refractivity contribution in [1.29, 1.82) is 0 Å². The van der Waals surface area contributed by atoms with Crippen LogP contribution in [0.25, 0.3) is 0 Å². The third-order valence-corrected chi connectivity index (χ3v) is 1.99. The summed E-state index contributed by atoms with van der Waals surface area (Å²) >= 11 is 0. The molecule has 0 bridgehead atoms. The van der Waals surface area contributed by atoms with Crippen LogP contribution in [0.3, 0.4) is 0 Å². The monoisotopic (exact) mass is 182 g/mol. The number of carbonyl (C=O) groups excluding carboxylic acids is 1. The molecular formula is C10H11FO2. The number of aromatic hydroxyl groups is 1. The largest absolute Gasteiger partial charge is 0.505 e. The van der Waals surface area contributed by atoms with Crippen LogP contribution >= 0.6 is 0 Å². The fraction of sp³-hybridized carbons (Fsp3) is 0.300. The minimum atomic E-state index is -0.643. The van der Waals surface area contributed by atoms with Gasteiger partial charge in [0.2, 0.25) is 0 Å². The van der Waals surface area contributed by atoms with Crippen molar-refractivity contribution >= 4 is 6.29 Å². The minimum absolute atomic E-state index is 0.00685. The van der Waals surface area contributed by atoms with Gasteiger partial charge < -0.3 is 9.90 Å². The first-order valence-electron chi connectivity index (χ1n) is 4.07. The zero-order valence-electron chi connectivity index (χ0n) is 7.33. The van der Waals surface area contributed by atoms with Crippen LogP contribution in [-0.2, 0) is 4.79 Å². The molecule has 0 heterocycles. The number of hydrogen-bond donors (Lipinski definition) is 1. The molecule has 1 rings (SSSR count). The van der Waals surface area contributed by atoms with E-state index in [1.54, 1.807) is 6.07 Å². The Morgan fingerprint density at radius 2 is 2.31 bits per heavy atom. The van der Waals surface area contributed by atoms with E-state index < -0.39 is 5.82 Å². The van der Waals surface area contributed by atoms with E-state index >= 15 is 0 Å². The number of hydrogen-bond acceptors (Lipinski definition) is 2. The van der Waals surface area contributed by atoms with Crippen LogP contribution in [-0.4, -0.2) is 11.4 Å². The smallest absolute Gasteiger partial charge is 0.165 e. The van der Waals surface area contributed by atoms with Crippen LogP contribution in [0.4, 0.5) is 4.39 Å². The molecule has 0 aromatic heterocycles. The number of phenols is 1. The predicted molar refractivity (Wildman–Crippen MR) is 47.2 cm³/mol. The second-order valence-electron chi connectivity index (χ2n) is 3.01. The SMILES string of the molecule is CC(CC=O)c1ccc(O)c(F)c1. The van der Waals surface area contributed by atoms with Crippen LogP contribution in [0.2, 0.25) is 0 Å². The molecule has 0 saturated carbocycles. The Labute approximate surface area is 76.0 Å². The molecule has 0 aliphatic carbocycles. The van der Waals surface area contributed by atoms with Gasteiger partial charge in [-0.1, -0.05) is 13.0 Å². The molecule has 0 saturated heterocycles. The van der Waals surface area contributed by atoms with Gasteiger partial charge in [-0.2, -0.15) is 0 Å². The van der Waals surface area contributed by atoms with E-state index in [9.17, 15) is 9.18 Å². The highest BCUT2D eigenvalue weighted by molar-refractivity contribution is 5.51. The van der Waals surface area contributed by atoms with E-state index in [4.69, 9.17) is 5.11 Å². The standard InChI is InChI=1S/C10H11FO2/c1-7(4-5-12)8-2-3-10(13)9(11)6-8/h2-3,5-7,13H,4H2,1H3. The van der Waals surface area contributed by atoms with Crippen LogP contribution < -0.4 is 0 Å². The lowest BCUT2D eigenvalue weighted by atomic mass is 9.98. The quantitative estimate of drug-likeness (QED) is 0.728. The summed E-state index contributed by atoms with van der Waals surface area (Å²) in [6, 6.07) is 4.17. The fourth-order valence-corrected chi connectivity index (χ4v) is 1.11. The number of benzene rings is 1.